The van der Waals surface area contributed by atoms with E-state index in [0.717, 1.165) is 11.1 Å². The van der Waals surface area contributed by atoms with Gasteiger partial charge in [0.25, 0.3) is 11.8 Å². The Morgan fingerprint density at radius 3 is 2.25 bits per heavy atom. The van der Waals surface area contributed by atoms with Gasteiger partial charge in [0.2, 0.25) is 5.88 Å². The zero-order chi connectivity index (χ0) is 19.9. The third-order valence-electron chi connectivity index (χ3n) is 4.24. The highest BCUT2D eigenvalue weighted by atomic mass is 16.5. The highest BCUT2D eigenvalue weighted by molar-refractivity contribution is 5.99. The van der Waals surface area contributed by atoms with Crippen molar-refractivity contribution in [2.75, 3.05) is 0 Å². The Labute approximate surface area is 163 Å². The average molecular weight is 375 g/mol. The van der Waals surface area contributed by atoms with Crippen molar-refractivity contribution < 1.29 is 14.3 Å². The molecule has 1 aromatic heterocycles. The molecule has 142 valence electrons. The molecule has 0 aliphatic carbocycles. The van der Waals surface area contributed by atoms with Gasteiger partial charge in [-0.05, 0) is 37.1 Å². The number of carbonyl (C=O) groups is 2. The summed E-state index contributed by atoms with van der Waals surface area (Å²) in [6.07, 6.45) is 1.24. The zero-order valence-corrected chi connectivity index (χ0v) is 15.7. The van der Waals surface area contributed by atoms with Crippen LogP contribution in [0.25, 0.3) is 0 Å². The minimum Gasteiger partial charge on any atom is -0.470 e. The summed E-state index contributed by atoms with van der Waals surface area (Å²) < 4.78 is 5.79. The van der Waals surface area contributed by atoms with E-state index in [1.165, 1.54) is 6.20 Å². The van der Waals surface area contributed by atoms with Gasteiger partial charge >= 0.3 is 0 Å². The smallest absolute Gasteiger partial charge is 0.271 e. The first kappa shape index (κ1) is 19.1. The third-order valence-corrected chi connectivity index (χ3v) is 4.24. The summed E-state index contributed by atoms with van der Waals surface area (Å²) in [6.45, 7) is 3.76. The standard InChI is InChI=1S/C22H21N3O3/c1-15-8-6-7-11-19(15)22(27)25-24-21(26)18-12-13-20(23-14-18)28-16(2)17-9-4-3-5-10-17/h3-14,16H,1-2H3,(H,24,26)(H,25,27)/t16-/m0/s1. The molecule has 0 saturated heterocycles. The Balaban J connectivity index is 1.56. The summed E-state index contributed by atoms with van der Waals surface area (Å²) in [5.41, 5.74) is 7.47. The molecule has 1 heterocycles. The molecule has 6 heteroatoms. The molecule has 2 amide bonds. The van der Waals surface area contributed by atoms with Gasteiger partial charge in [-0.2, -0.15) is 0 Å². The van der Waals surface area contributed by atoms with Crippen LogP contribution in [0.3, 0.4) is 0 Å². The number of nitrogens with zero attached hydrogens (tertiary/aromatic N) is 1. The van der Waals surface area contributed by atoms with E-state index in [0.29, 0.717) is 17.0 Å². The van der Waals surface area contributed by atoms with Crippen molar-refractivity contribution in [3.05, 3.63) is 95.2 Å². The number of rotatable bonds is 5. The second-order valence-electron chi connectivity index (χ2n) is 6.28. The zero-order valence-electron chi connectivity index (χ0n) is 15.7. The lowest BCUT2D eigenvalue weighted by molar-refractivity contribution is 0.0846. The van der Waals surface area contributed by atoms with E-state index >= 15 is 0 Å². The van der Waals surface area contributed by atoms with Gasteiger partial charge in [-0.3, -0.25) is 20.4 Å². The number of benzene rings is 2. The number of amides is 2. The second kappa shape index (κ2) is 8.81. The number of carbonyl (C=O) groups excluding carboxylic acids is 2. The Morgan fingerprint density at radius 2 is 1.57 bits per heavy atom. The van der Waals surface area contributed by atoms with Gasteiger partial charge in [-0.25, -0.2) is 4.98 Å². The van der Waals surface area contributed by atoms with Gasteiger partial charge < -0.3 is 4.74 Å². The van der Waals surface area contributed by atoms with Crippen molar-refractivity contribution >= 4 is 11.8 Å². The SMILES string of the molecule is Cc1ccccc1C(=O)NNC(=O)c1ccc(O[C@@H](C)c2ccccc2)nc1. The topological polar surface area (TPSA) is 80.3 Å². The van der Waals surface area contributed by atoms with E-state index in [2.05, 4.69) is 15.8 Å². The first-order chi connectivity index (χ1) is 13.5. The normalized spacial score (nSPS) is 11.4. The number of aryl methyl sites for hydroxylation is 1. The fourth-order valence-electron chi connectivity index (χ4n) is 2.64. The van der Waals surface area contributed by atoms with E-state index in [4.69, 9.17) is 4.74 Å². The molecule has 0 fully saturated rings. The molecule has 3 rings (SSSR count). The number of hydrogen-bond acceptors (Lipinski definition) is 4. The molecule has 0 unspecified atom stereocenters. The van der Waals surface area contributed by atoms with Crippen LogP contribution in [0.1, 0.15) is 44.9 Å². The van der Waals surface area contributed by atoms with Gasteiger partial charge in [-0.1, -0.05) is 48.5 Å². The molecule has 0 aliphatic heterocycles. The van der Waals surface area contributed by atoms with E-state index in [1.807, 2.05) is 56.3 Å². The second-order valence-corrected chi connectivity index (χ2v) is 6.28. The van der Waals surface area contributed by atoms with Crippen LogP contribution in [-0.2, 0) is 0 Å². The lowest BCUT2D eigenvalue weighted by Gasteiger charge is -2.14. The maximum atomic E-state index is 12.2. The van der Waals surface area contributed by atoms with Gasteiger partial charge in [0.05, 0.1) is 5.56 Å². The van der Waals surface area contributed by atoms with E-state index in [9.17, 15) is 9.59 Å². The highest BCUT2D eigenvalue weighted by Crippen LogP contribution is 2.19. The van der Waals surface area contributed by atoms with Crippen LogP contribution in [0.5, 0.6) is 5.88 Å². The maximum Gasteiger partial charge on any atom is 0.271 e. The largest absolute Gasteiger partial charge is 0.470 e. The number of hydrogen-bond donors (Lipinski definition) is 2. The molecule has 0 aliphatic rings. The van der Waals surface area contributed by atoms with Crippen LogP contribution in [0.2, 0.25) is 0 Å². The number of hydrazine groups is 1. The van der Waals surface area contributed by atoms with Crippen LogP contribution in [0, 0.1) is 6.92 Å². The molecule has 2 aromatic carbocycles. The van der Waals surface area contributed by atoms with Gasteiger partial charge in [-0.15, -0.1) is 0 Å². The molecule has 0 saturated carbocycles. The monoisotopic (exact) mass is 375 g/mol. The summed E-state index contributed by atoms with van der Waals surface area (Å²) in [5.74, 6) is -0.426. The molecule has 28 heavy (non-hydrogen) atoms. The predicted octanol–water partition coefficient (Wildman–Crippen LogP) is 3.60. The molecule has 1 atom stereocenters. The number of aromatic nitrogens is 1. The summed E-state index contributed by atoms with van der Waals surface area (Å²) in [4.78, 5) is 28.5. The Bertz CT molecular complexity index is 956. The molecule has 0 radical (unpaired) electrons. The van der Waals surface area contributed by atoms with Crippen LogP contribution in [0.15, 0.2) is 72.9 Å². The maximum absolute atomic E-state index is 12.2. The number of nitrogens with one attached hydrogen (secondary N) is 2. The highest BCUT2D eigenvalue weighted by Gasteiger charge is 2.12. The predicted molar refractivity (Wildman–Crippen MR) is 106 cm³/mol. The number of pyridine rings is 1. The molecule has 0 spiro atoms. The fourth-order valence-corrected chi connectivity index (χ4v) is 2.64. The Morgan fingerprint density at radius 1 is 0.893 bits per heavy atom. The van der Waals surface area contributed by atoms with Crippen molar-refractivity contribution in [2.45, 2.75) is 20.0 Å². The molecular formula is C22H21N3O3. The fraction of sp³-hybridized carbons (Fsp3) is 0.136. The lowest BCUT2D eigenvalue weighted by Crippen LogP contribution is -2.41. The van der Waals surface area contributed by atoms with Crippen molar-refractivity contribution in [2.24, 2.45) is 0 Å². The molecule has 3 aromatic rings. The Hall–Kier alpha value is -3.67. The first-order valence-corrected chi connectivity index (χ1v) is 8.88. The van der Waals surface area contributed by atoms with Crippen LogP contribution in [-0.4, -0.2) is 16.8 Å². The van der Waals surface area contributed by atoms with Gasteiger partial charge in [0, 0.05) is 17.8 Å². The van der Waals surface area contributed by atoms with E-state index < -0.39 is 5.91 Å². The van der Waals surface area contributed by atoms with Crippen LogP contribution in [0.4, 0.5) is 0 Å². The van der Waals surface area contributed by atoms with Gasteiger partial charge in [0.1, 0.15) is 6.10 Å². The lowest BCUT2D eigenvalue weighted by atomic mass is 10.1. The third kappa shape index (κ3) is 4.73. The summed E-state index contributed by atoms with van der Waals surface area (Å²) in [5, 5.41) is 0. The van der Waals surface area contributed by atoms with Gasteiger partial charge in [0.15, 0.2) is 0 Å². The Kier molecular flexibility index (Phi) is 6.01. The molecule has 6 nitrogen and oxygen atoms in total. The van der Waals surface area contributed by atoms with Crippen LogP contribution < -0.4 is 15.6 Å². The first-order valence-electron chi connectivity index (χ1n) is 8.88. The van der Waals surface area contributed by atoms with Crippen molar-refractivity contribution in [3.8, 4) is 5.88 Å². The quantitative estimate of drug-likeness (QED) is 0.668. The molecule has 0 bridgehead atoms. The van der Waals surface area contributed by atoms with Crippen molar-refractivity contribution in [1.82, 2.24) is 15.8 Å². The minimum atomic E-state index is -0.461. The summed E-state index contributed by atoms with van der Waals surface area (Å²) in [6, 6.07) is 20.1. The van der Waals surface area contributed by atoms with E-state index in [-0.39, 0.29) is 12.0 Å². The van der Waals surface area contributed by atoms with Crippen molar-refractivity contribution in [3.63, 3.8) is 0 Å². The minimum absolute atomic E-state index is 0.165. The summed E-state index contributed by atoms with van der Waals surface area (Å²) >= 11 is 0. The molecular weight excluding hydrogens is 354 g/mol. The van der Waals surface area contributed by atoms with E-state index in [1.54, 1.807) is 24.3 Å². The molecule has 2 N–H and O–H groups in total. The van der Waals surface area contributed by atoms with Crippen molar-refractivity contribution in [1.29, 1.82) is 0 Å². The summed E-state index contributed by atoms with van der Waals surface area (Å²) in [7, 11) is 0. The number of ether oxygens (including phenoxy) is 1. The average Bonchev–Trinajstić information content (AvgIpc) is 2.73. The van der Waals surface area contributed by atoms with Crippen LogP contribution >= 0.6 is 0 Å².